The Hall–Kier alpha value is -2.72. The first kappa shape index (κ1) is 18.1. The predicted molar refractivity (Wildman–Crippen MR) is 95.3 cm³/mol. The Morgan fingerprint density at radius 1 is 1.12 bits per heavy atom. The second-order valence-corrected chi connectivity index (χ2v) is 7.58. The van der Waals surface area contributed by atoms with Gasteiger partial charge in [0.05, 0.1) is 19.1 Å². The van der Waals surface area contributed by atoms with Gasteiger partial charge < -0.3 is 4.57 Å². The molecule has 138 valence electrons. The van der Waals surface area contributed by atoms with E-state index >= 15 is 0 Å². The first-order valence-corrected chi connectivity index (χ1v) is 9.54. The van der Waals surface area contributed by atoms with E-state index in [0.29, 0.717) is 5.56 Å². The van der Waals surface area contributed by atoms with Crippen LogP contribution in [0, 0.1) is 0 Å². The zero-order valence-corrected chi connectivity index (χ0v) is 15.3. The molecule has 3 aromatic rings. The SMILES string of the molecule is Cn1c(=O)c2c(ncn2CC(OS(C)(=O)=O)c2ccccc2)n(C)c1=O. The number of aromatic nitrogens is 4. The van der Waals surface area contributed by atoms with Crippen molar-refractivity contribution in [1.29, 1.82) is 0 Å². The maximum absolute atomic E-state index is 12.5. The lowest BCUT2D eigenvalue weighted by atomic mass is 10.1. The van der Waals surface area contributed by atoms with Gasteiger partial charge in [-0.05, 0) is 5.56 Å². The summed E-state index contributed by atoms with van der Waals surface area (Å²) in [7, 11) is -0.838. The fourth-order valence-corrected chi connectivity index (χ4v) is 3.38. The van der Waals surface area contributed by atoms with E-state index in [0.717, 1.165) is 10.8 Å². The Morgan fingerprint density at radius 3 is 2.38 bits per heavy atom. The van der Waals surface area contributed by atoms with Crippen molar-refractivity contribution in [1.82, 2.24) is 18.7 Å². The van der Waals surface area contributed by atoms with Crippen molar-refractivity contribution in [2.24, 2.45) is 14.1 Å². The fourth-order valence-electron chi connectivity index (χ4n) is 2.78. The largest absolute Gasteiger partial charge is 0.332 e. The highest BCUT2D eigenvalue weighted by Gasteiger charge is 2.21. The number of imidazole rings is 1. The Kier molecular flexibility index (Phi) is 4.55. The smallest absolute Gasteiger partial charge is 0.322 e. The minimum atomic E-state index is -3.73. The van der Waals surface area contributed by atoms with Gasteiger partial charge in [0.2, 0.25) is 0 Å². The number of nitrogens with zero attached hydrogens (tertiary/aromatic N) is 4. The van der Waals surface area contributed by atoms with Crippen molar-refractivity contribution >= 4 is 21.3 Å². The van der Waals surface area contributed by atoms with Crippen molar-refractivity contribution in [2.75, 3.05) is 6.26 Å². The number of fused-ring (bicyclic) bond motifs is 1. The maximum Gasteiger partial charge on any atom is 0.332 e. The highest BCUT2D eigenvalue weighted by atomic mass is 32.2. The zero-order chi connectivity index (χ0) is 19.1. The molecule has 0 aliphatic carbocycles. The summed E-state index contributed by atoms with van der Waals surface area (Å²) in [5, 5.41) is 0. The predicted octanol–water partition coefficient (Wildman–Crippen LogP) is 0.151. The van der Waals surface area contributed by atoms with Gasteiger partial charge in [0.25, 0.3) is 15.7 Å². The fraction of sp³-hybridized carbons (Fsp3) is 0.312. The Morgan fingerprint density at radius 2 is 1.77 bits per heavy atom. The number of benzene rings is 1. The number of hydrogen-bond acceptors (Lipinski definition) is 6. The molecule has 0 fully saturated rings. The number of rotatable bonds is 5. The average molecular weight is 378 g/mol. The monoisotopic (exact) mass is 378 g/mol. The molecule has 2 aromatic heterocycles. The van der Waals surface area contributed by atoms with Crippen LogP contribution in [-0.4, -0.2) is 33.4 Å². The molecule has 10 heteroatoms. The standard InChI is InChI=1S/C16H18N4O5S/c1-18-14-13(15(21)19(2)16(18)22)20(10-17-14)9-12(25-26(3,23)24)11-7-5-4-6-8-11/h4-8,10,12H,9H2,1-3H3. The van der Waals surface area contributed by atoms with Crippen molar-refractivity contribution in [3.63, 3.8) is 0 Å². The van der Waals surface area contributed by atoms with Gasteiger partial charge in [0, 0.05) is 14.1 Å². The second-order valence-electron chi connectivity index (χ2n) is 5.97. The molecule has 2 heterocycles. The third-order valence-electron chi connectivity index (χ3n) is 4.04. The summed E-state index contributed by atoms with van der Waals surface area (Å²) in [6.07, 6.45) is 1.52. The van der Waals surface area contributed by atoms with E-state index in [1.165, 1.54) is 29.6 Å². The van der Waals surface area contributed by atoms with Crippen LogP contribution in [0.15, 0.2) is 46.2 Å². The molecule has 0 amide bonds. The lowest BCUT2D eigenvalue weighted by molar-refractivity contribution is 0.194. The highest BCUT2D eigenvalue weighted by Crippen LogP contribution is 2.22. The molecule has 1 aromatic carbocycles. The van der Waals surface area contributed by atoms with Gasteiger partial charge in [-0.15, -0.1) is 0 Å². The minimum Gasteiger partial charge on any atom is -0.322 e. The summed E-state index contributed by atoms with van der Waals surface area (Å²) in [6.45, 7) is 0.0427. The van der Waals surface area contributed by atoms with Crippen LogP contribution in [0.1, 0.15) is 11.7 Å². The van der Waals surface area contributed by atoms with Crippen molar-refractivity contribution in [2.45, 2.75) is 12.6 Å². The van der Waals surface area contributed by atoms with Crippen LogP contribution in [-0.2, 0) is 34.9 Å². The summed E-state index contributed by atoms with van der Waals surface area (Å²) in [5.41, 5.74) is 0.0739. The molecule has 1 atom stereocenters. The van der Waals surface area contributed by atoms with Crippen LogP contribution < -0.4 is 11.2 Å². The molecule has 0 aliphatic heterocycles. The van der Waals surface area contributed by atoms with Gasteiger partial charge in [-0.25, -0.2) is 9.78 Å². The van der Waals surface area contributed by atoms with E-state index in [9.17, 15) is 18.0 Å². The molecular weight excluding hydrogens is 360 g/mol. The molecule has 1 unspecified atom stereocenters. The quantitative estimate of drug-likeness (QED) is 0.585. The maximum atomic E-state index is 12.5. The second kappa shape index (κ2) is 6.54. The lowest BCUT2D eigenvalue weighted by Crippen LogP contribution is -2.37. The number of aryl methyl sites for hydroxylation is 1. The lowest BCUT2D eigenvalue weighted by Gasteiger charge is -2.17. The van der Waals surface area contributed by atoms with Crippen molar-refractivity contribution in [3.8, 4) is 0 Å². The third kappa shape index (κ3) is 3.33. The van der Waals surface area contributed by atoms with E-state index in [2.05, 4.69) is 4.98 Å². The molecular formula is C16H18N4O5S. The third-order valence-corrected chi connectivity index (χ3v) is 4.62. The van der Waals surface area contributed by atoms with E-state index < -0.39 is 27.5 Å². The molecule has 0 N–H and O–H groups in total. The zero-order valence-electron chi connectivity index (χ0n) is 14.5. The molecule has 9 nitrogen and oxygen atoms in total. The van der Waals surface area contributed by atoms with E-state index in [1.54, 1.807) is 30.3 Å². The molecule has 0 bridgehead atoms. The molecule has 0 saturated carbocycles. The van der Waals surface area contributed by atoms with Crippen LogP contribution in [0.4, 0.5) is 0 Å². The summed E-state index contributed by atoms with van der Waals surface area (Å²) >= 11 is 0. The van der Waals surface area contributed by atoms with Gasteiger partial charge in [0.1, 0.15) is 6.10 Å². The summed E-state index contributed by atoms with van der Waals surface area (Å²) in [4.78, 5) is 28.7. The molecule has 0 saturated heterocycles. The highest BCUT2D eigenvalue weighted by molar-refractivity contribution is 7.86. The van der Waals surface area contributed by atoms with Gasteiger partial charge in [-0.1, -0.05) is 30.3 Å². The van der Waals surface area contributed by atoms with Gasteiger partial charge >= 0.3 is 5.69 Å². The molecule has 3 rings (SSSR count). The number of hydrogen-bond donors (Lipinski definition) is 0. The van der Waals surface area contributed by atoms with Crippen LogP contribution in [0.25, 0.3) is 11.2 Å². The summed E-state index contributed by atoms with van der Waals surface area (Å²) < 4.78 is 32.3. The van der Waals surface area contributed by atoms with Gasteiger partial charge in [0.15, 0.2) is 11.2 Å². The van der Waals surface area contributed by atoms with E-state index in [-0.39, 0.29) is 17.7 Å². The van der Waals surface area contributed by atoms with Gasteiger partial charge in [-0.3, -0.25) is 18.1 Å². The van der Waals surface area contributed by atoms with Crippen LogP contribution in [0.5, 0.6) is 0 Å². The van der Waals surface area contributed by atoms with Gasteiger partial charge in [-0.2, -0.15) is 8.42 Å². The average Bonchev–Trinajstić information content (AvgIpc) is 3.01. The Labute approximate surface area is 149 Å². The Bertz CT molecular complexity index is 1180. The van der Waals surface area contributed by atoms with E-state index in [1.807, 2.05) is 0 Å². The van der Waals surface area contributed by atoms with Crippen LogP contribution >= 0.6 is 0 Å². The van der Waals surface area contributed by atoms with Crippen LogP contribution in [0.2, 0.25) is 0 Å². The van der Waals surface area contributed by atoms with Crippen molar-refractivity contribution < 1.29 is 12.6 Å². The van der Waals surface area contributed by atoms with Crippen LogP contribution in [0.3, 0.4) is 0 Å². The Balaban J connectivity index is 2.13. The van der Waals surface area contributed by atoms with Crippen molar-refractivity contribution in [3.05, 3.63) is 63.1 Å². The first-order chi connectivity index (χ1) is 12.2. The normalized spacial score (nSPS) is 13.2. The molecule has 26 heavy (non-hydrogen) atoms. The summed E-state index contributed by atoms with van der Waals surface area (Å²) in [5.74, 6) is 0. The topological polar surface area (TPSA) is 105 Å². The minimum absolute atomic E-state index is 0.0427. The first-order valence-electron chi connectivity index (χ1n) is 7.73. The summed E-state index contributed by atoms with van der Waals surface area (Å²) in [6, 6.07) is 8.82. The van der Waals surface area contributed by atoms with E-state index in [4.69, 9.17) is 4.18 Å². The molecule has 0 aliphatic rings. The molecule has 0 radical (unpaired) electrons. The molecule has 0 spiro atoms.